The second-order valence-corrected chi connectivity index (χ2v) is 5.70. The first kappa shape index (κ1) is 14.6. The summed E-state index contributed by atoms with van der Waals surface area (Å²) >= 11 is 5.98. The molecule has 0 saturated heterocycles. The molecule has 110 valence electrons. The second-order valence-electron chi connectivity index (χ2n) is 5.26. The number of hydrogen-bond acceptors (Lipinski definition) is 1. The summed E-state index contributed by atoms with van der Waals surface area (Å²) in [5.74, 6) is 0.0717. The molecule has 3 aromatic rings. The summed E-state index contributed by atoms with van der Waals surface area (Å²) in [5.41, 5.74) is 4.75. The number of benzene rings is 2. The monoisotopic (exact) mass is 309 g/mol. The minimum atomic E-state index is 0.0717. The molecule has 1 aromatic heterocycles. The molecule has 0 atom stereocenters. The zero-order valence-electron chi connectivity index (χ0n) is 12.5. The Balaban J connectivity index is 2.27. The maximum absolute atomic E-state index is 11.9. The van der Waals surface area contributed by atoms with E-state index < -0.39 is 0 Å². The van der Waals surface area contributed by atoms with Crippen molar-refractivity contribution in [1.29, 1.82) is 0 Å². The minimum absolute atomic E-state index is 0.0717. The Kier molecular flexibility index (Phi) is 3.86. The van der Waals surface area contributed by atoms with Crippen LogP contribution in [-0.4, -0.2) is 10.4 Å². The van der Waals surface area contributed by atoms with Gasteiger partial charge in [0.2, 0.25) is 0 Å². The summed E-state index contributed by atoms with van der Waals surface area (Å²) in [6.07, 6.45) is 0. The summed E-state index contributed by atoms with van der Waals surface area (Å²) in [6, 6.07) is 19.7. The number of halogens is 1. The van der Waals surface area contributed by atoms with Crippen molar-refractivity contribution in [3.05, 3.63) is 76.9 Å². The molecular formula is C19H16ClNO. The van der Waals surface area contributed by atoms with Crippen molar-refractivity contribution in [2.75, 3.05) is 0 Å². The Morgan fingerprint density at radius 2 is 1.64 bits per heavy atom. The SMILES string of the molecule is CC(=O)c1cc(-c2ccc(Cl)cc2)n(-c2ccccc2)c1C. The highest BCUT2D eigenvalue weighted by molar-refractivity contribution is 6.30. The molecule has 0 unspecified atom stereocenters. The molecule has 0 N–H and O–H groups in total. The molecule has 1 heterocycles. The average molecular weight is 310 g/mol. The van der Waals surface area contributed by atoms with Crippen molar-refractivity contribution in [1.82, 2.24) is 4.57 Å². The lowest BCUT2D eigenvalue weighted by Gasteiger charge is -2.12. The molecule has 2 nitrogen and oxygen atoms in total. The highest BCUT2D eigenvalue weighted by Crippen LogP contribution is 2.30. The minimum Gasteiger partial charge on any atom is -0.313 e. The van der Waals surface area contributed by atoms with Crippen LogP contribution in [0.15, 0.2) is 60.7 Å². The normalized spacial score (nSPS) is 10.7. The Bertz CT molecular complexity index is 817. The fraction of sp³-hybridized carbons (Fsp3) is 0.105. The molecule has 0 radical (unpaired) electrons. The summed E-state index contributed by atoms with van der Waals surface area (Å²) in [7, 11) is 0. The number of aromatic nitrogens is 1. The third-order valence-corrected chi connectivity index (χ3v) is 4.03. The van der Waals surface area contributed by atoms with E-state index in [-0.39, 0.29) is 5.78 Å². The van der Waals surface area contributed by atoms with E-state index in [1.807, 2.05) is 67.6 Å². The standard InChI is InChI=1S/C19H16ClNO/c1-13-18(14(2)22)12-19(15-8-10-16(20)11-9-15)21(13)17-6-4-3-5-7-17/h3-12H,1-2H3. The van der Waals surface area contributed by atoms with Crippen LogP contribution in [-0.2, 0) is 0 Å². The topological polar surface area (TPSA) is 22.0 Å². The van der Waals surface area contributed by atoms with Crippen LogP contribution in [0.4, 0.5) is 0 Å². The van der Waals surface area contributed by atoms with E-state index in [1.54, 1.807) is 6.92 Å². The molecule has 0 amide bonds. The summed E-state index contributed by atoms with van der Waals surface area (Å²) < 4.78 is 2.11. The summed E-state index contributed by atoms with van der Waals surface area (Å²) in [6.45, 7) is 3.58. The first-order chi connectivity index (χ1) is 10.6. The zero-order chi connectivity index (χ0) is 15.7. The molecular weight excluding hydrogens is 294 g/mol. The van der Waals surface area contributed by atoms with Gasteiger partial charge in [0.15, 0.2) is 5.78 Å². The fourth-order valence-corrected chi connectivity index (χ4v) is 2.83. The Morgan fingerprint density at radius 3 is 2.23 bits per heavy atom. The second kappa shape index (κ2) is 5.82. The number of rotatable bonds is 3. The Hall–Kier alpha value is -2.32. The zero-order valence-corrected chi connectivity index (χ0v) is 13.3. The van der Waals surface area contributed by atoms with Crippen molar-refractivity contribution < 1.29 is 4.79 Å². The first-order valence-electron chi connectivity index (χ1n) is 7.12. The van der Waals surface area contributed by atoms with Crippen LogP contribution in [0.1, 0.15) is 23.0 Å². The third kappa shape index (κ3) is 2.58. The van der Waals surface area contributed by atoms with Crippen LogP contribution in [0.2, 0.25) is 5.02 Å². The van der Waals surface area contributed by atoms with E-state index in [1.165, 1.54) is 0 Å². The van der Waals surface area contributed by atoms with E-state index in [0.717, 1.165) is 28.2 Å². The van der Waals surface area contributed by atoms with Crippen molar-refractivity contribution in [3.63, 3.8) is 0 Å². The molecule has 3 rings (SSSR count). The van der Waals surface area contributed by atoms with E-state index in [2.05, 4.69) is 4.57 Å². The van der Waals surface area contributed by atoms with Gasteiger partial charge in [-0.25, -0.2) is 0 Å². The van der Waals surface area contributed by atoms with Crippen LogP contribution >= 0.6 is 11.6 Å². The Labute approximate surface area is 135 Å². The van der Waals surface area contributed by atoms with Gasteiger partial charge < -0.3 is 4.57 Å². The number of carbonyl (C=O) groups excluding carboxylic acids is 1. The smallest absolute Gasteiger partial charge is 0.161 e. The number of hydrogen-bond donors (Lipinski definition) is 0. The number of nitrogens with zero attached hydrogens (tertiary/aromatic N) is 1. The molecule has 0 spiro atoms. The van der Waals surface area contributed by atoms with Gasteiger partial charge >= 0.3 is 0 Å². The Morgan fingerprint density at radius 1 is 1.00 bits per heavy atom. The van der Waals surface area contributed by atoms with Crippen LogP contribution in [0.5, 0.6) is 0 Å². The van der Waals surface area contributed by atoms with Gasteiger partial charge in [-0.3, -0.25) is 4.79 Å². The van der Waals surface area contributed by atoms with Gasteiger partial charge in [-0.15, -0.1) is 0 Å². The lowest BCUT2D eigenvalue weighted by atomic mass is 10.1. The van der Waals surface area contributed by atoms with Gasteiger partial charge in [-0.1, -0.05) is 41.9 Å². The third-order valence-electron chi connectivity index (χ3n) is 3.78. The molecule has 0 aliphatic carbocycles. The van der Waals surface area contributed by atoms with Gasteiger partial charge in [-0.2, -0.15) is 0 Å². The maximum atomic E-state index is 11.9. The van der Waals surface area contributed by atoms with E-state index in [0.29, 0.717) is 5.02 Å². The molecule has 0 bridgehead atoms. The highest BCUT2D eigenvalue weighted by Gasteiger charge is 2.17. The largest absolute Gasteiger partial charge is 0.313 e. The van der Waals surface area contributed by atoms with Crippen molar-refractivity contribution >= 4 is 17.4 Å². The van der Waals surface area contributed by atoms with Gasteiger partial charge in [0.1, 0.15) is 0 Å². The van der Waals surface area contributed by atoms with Gasteiger partial charge in [-0.05, 0) is 49.7 Å². The van der Waals surface area contributed by atoms with E-state index in [4.69, 9.17) is 11.6 Å². The fourth-order valence-electron chi connectivity index (χ4n) is 2.71. The van der Waals surface area contributed by atoms with Crippen molar-refractivity contribution in [3.8, 4) is 16.9 Å². The quantitative estimate of drug-likeness (QED) is 0.601. The maximum Gasteiger partial charge on any atom is 0.161 e. The van der Waals surface area contributed by atoms with E-state index >= 15 is 0 Å². The lowest BCUT2D eigenvalue weighted by Crippen LogP contribution is -2.01. The molecule has 0 fully saturated rings. The molecule has 3 heteroatoms. The van der Waals surface area contributed by atoms with E-state index in [9.17, 15) is 4.79 Å². The number of carbonyl (C=O) groups is 1. The number of ketones is 1. The van der Waals surface area contributed by atoms with Crippen LogP contribution in [0, 0.1) is 6.92 Å². The average Bonchev–Trinajstić information content (AvgIpc) is 2.86. The molecule has 0 aliphatic heterocycles. The number of Topliss-reactive ketones (excluding diaryl/α,β-unsaturated/α-hetero) is 1. The molecule has 0 aliphatic rings. The van der Waals surface area contributed by atoms with Crippen molar-refractivity contribution in [2.45, 2.75) is 13.8 Å². The molecule has 2 aromatic carbocycles. The predicted octanol–water partition coefficient (Wildman–Crippen LogP) is 5.31. The molecule has 22 heavy (non-hydrogen) atoms. The first-order valence-corrected chi connectivity index (χ1v) is 7.50. The van der Waals surface area contributed by atoms with Gasteiger partial charge in [0, 0.05) is 22.0 Å². The van der Waals surface area contributed by atoms with Crippen molar-refractivity contribution in [2.24, 2.45) is 0 Å². The highest BCUT2D eigenvalue weighted by atomic mass is 35.5. The van der Waals surface area contributed by atoms with Gasteiger partial charge in [0.05, 0.1) is 5.69 Å². The van der Waals surface area contributed by atoms with Crippen LogP contribution in [0.25, 0.3) is 16.9 Å². The van der Waals surface area contributed by atoms with Crippen LogP contribution in [0.3, 0.4) is 0 Å². The molecule has 0 saturated carbocycles. The van der Waals surface area contributed by atoms with Gasteiger partial charge in [0.25, 0.3) is 0 Å². The summed E-state index contributed by atoms with van der Waals surface area (Å²) in [4.78, 5) is 11.9. The van der Waals surface area contributed by atoms with Crippen LogP contribution < -0.4 is 0 Å². The number of para-hydroxylation sites is 1. The summed E-state index contributed by atoms with van der Waals surface area (Å²) in [5, 5.41) is 0.699. The predicted molar refractivity (Wildman–Crippen MR) is 91.0 cm³/mol. The lowest BCUT2D eigenvalue weighted by molar-refractivity contribution is 0.101.